The van der Waals surface area contributed by atoms with Crippen LogP contribution in [0.1, 0.15) is 0 Å². The smallest absolute Gasteiger partial charge is 0.133 e. The minimum atomic E-state index is -0.205. The van der Waals surface area contributed by atoms with Crippen molar-refractivity contribution in [2.75, 3.05) is 0 Å². The zero-order valence-corrected chi connectivity index (χ0v) is 9.25. The summed E-state index contributed by atoms with van der Waals surface area (Å²) in [6.07, 6.45) is 0. The van der Waals surface area contributed by atoms with Crippen molar-refractivity contribution in [2.45, 2.75) is 0 Å². The van der Waals surface area contributed by atoms with E-state index in [0.717, 1.165) is 0 Å². The molecule has 0 aliphatic carbocycles. The molecule has 0 saturated heterocycles. The third-order valence-corrected chi connectivity index (χ3v) is 3.05. The van der Waals surface area contributed by atoms with Crippen molar-refractivity contribution in [3.63, 3.8) is 0 Å². The third kappa shape index (κ3) is 1.26. The molecule has 18 heavy (non-hydrogen) atoms. The van der Waals surface area contributed by atoms with Crippen molar-refractivity contribution in [3.8, 4) is 11.5 Å². The van der Waals surface area contributed by atoms with E-state index in [-0.39, 0.29) is 22.6 Å². The van der Waals surface area contributed by atoms with Gasteiger partial charge in [-0.1, -0.05) is 42.1 Å². The Kier molecular flexibility index (Phi) is 2.16. The van der Waals surface area contributed by atoms with Gasteiger partial charge in [0.2, 0.25) is 0 Å². The number of phenols is 1. The molecule has 0 saturated carbocycles. The second kappa shape index (κ2) is 3.70. The monoisotopic (exact) mass is 238 g/mol. The van der Waals surface area contributed by atoms with Gasteiger partial charge >= 0.3 is 0 Å². The maximum Gasteiger partial charge on any atom is 0.133 e. The maximum atomic E-state index is 12.3. The van der Waals surface area contributed by atoms with E-state index in [1.807, 2.05) is 0 Å². The number of hydrogen-bond acceptors (Lipinski definition) is 4. The Balaban J connectivity index is 2.67. The summed E-state index contributed by atoms with van der Waals surface area (Å²) in [5.41, 5.74) is 0.0767. The molecule has 0 atom stereocenters. The zero-order valence-electron chi connectivity index (χ0n) is 9.25. The molecule has 0 aliphatic heterocycles. The molecular weight excluding hydrogens is 230 g/mol. The summed E-state index contributed by atoms with van der Waals surface area (Å²) in [5.74, 6) is -0.278. The van der Waals surface area contributed by atoms with Crippen molar-refractivity contribution in [3.05, 3.63) is 47.4 Å². The average Bonchev–Trinajstić information content (AvgIpc) is 2.44. The molecule has 0 amide bonds. The Bertz CT molecular complexity index is 781. The number of phenolic OH excluding ortho intramolecular Hbond substituents is 1. The van der Waals surface area contributed by atoms with Crippen LogP contribution >= 0.6 is 0 Å². The number of fused-ring (bicyclic) bond motifs is 2. The van der Waals surface area contributed by atoms with Gasteiger partial charge in [-0.3, -0.25) is 0 Å². The first-order chi connectivity index (χ1) is 8.74. The first-order valence-electron chi connectivity index (χ1n) is 5.41. The SMILES string of the molecule is O=Nc1cccc2c([O-])c3ccccc3c(O)c12. The van der Waals surface area contributed by atoms with Crippen LogP contribution in [0.2, 0.25) is 0 Å². The Labute approximate surface area is 102 Å². The number of hydrogen-bond donors (Lipinski definition) is 1. The first-order valence-corrected chi connectivity index (χ1v) is 5.41. The molecule has 1 N–H and O–H groups in total. The van der Waals surface area contributed by atoms with Crippen LogP contribution in [0, 0.1) is 4.91 Å². The van der Waals surface area contributed by atoms with Crippen LogP contribution in [-0.4, -0.2) is 5.11 Å². The number of aromatic hydroxyl groups is 1. The Morgan fingerprint density at radius 3 is 2.33 bits per heavy atom. The van der Waals surface area contributed by atoms with Gasteiger partial charge < -0.3 is 10.2 Å². The van der Waals surface area contributed by atoms with Crippen LogP contribution in [0.15, 0.2) is 47.6 Å². The largest absolute Gasteiger partial charge is 0.872 e. The van der Waals surface area contributed by atoms with Crippen molar-refractivity contribution >= 4 is 27.2 Å². The lowest BCUT2D eigenvalue weighted by molar-refractivity contribution is -0.263. The summed E-state index contributed by atoms with van der Waals surface area (Å²) in [6.45, 7) is 0. The van der Waals surface area contributed by atoms with Gasteiger partial charge in [0.1, 0.15) is 11.4 Å². The molecule has 3 rings (SSSR count). The molecule has 0 fully saturated rings. The van der Waals surface area contributed by atoms with E-state index in [1.165, 1.54) is 6.07 Å². The zero-order chi connectivity index (χ0) is 12.7. The second-order valence-electron chi connectivity index (χ2n) is 4.01. The molecule has 0 radical (unpaired) electrons. The summed E-state index contributed by atoms with van der Waals surface area (Å²) in [6, 6.07) is 11.4. The van der Waals surface area contributed by atoms with Gasteiger partial charge in [0.25, 0.3) is 0 Å². The predicted molar refractivity (Wildman–Crippen MR) is 68.0 cm³/mol. The summed E-state index contributed by atoms with van der Waals surface area (Å²) < 4.78 is 0. The molecule has 0 aromatic heterocycles. The van der Waals surface area contributed by atoms with Gasteiger partial charge in [-0.05, 0) is 22.0 Å². The summed E-state index contributed by atoms with van der Waals surface area (Å²) in [4.78, 5) is 10.8. The van der Waals surface area contributed by atoms with E-state index >= 15 is 0 Å². The van der Waals surface area contributed by atoms with E-state index in [1.54, 1.807) is 36.4 Å². The van der Waals surface area contributed by atoms with Crippen LogP contribution in [0.5, 0.6) is 11.5 Å². The minimum Gasteiger partial charge on any atom is -0.872 e. The van der Waals surface area contributed by atoms with Crippen molar-refractivity contribution < 1.29 is 10.2 Å². The van der Waals surface area contributed by atoms with Gasteiger partial charge in [-0.25, -0.2) is 0 Å². The normalized spacial score (nSPS) is 10.9. The van der Waals surface area contributed by atoms with Gasteiger partial charge in [-0.2, -0.15) is 0 Å². The number of nitroso groups, excluding NO2 is 1. The Morgan fingerprint density at radius 1 is 0.944 bits per heavy atom. The van der Waals surface area contributed by atoms with Gasteiger partial charge in [0.15, 0.2) is 0 Å². The van der Waals surface area contributed by atoms with E-state index < -0.39 is 0 Å². The standard InChI is InChI=1S/C14H9NO3/c16-13-8-4-1-2-5-9(8)14(17)12-10(13)6-3-7-11(12)15-18/h1-7,16-17H/p-1. The van der Waals surface area contributed by atoms with Crippen LogP contribution in [0.25, 0.3) is 21.5 Å². The highest BCUT2D eigenvalue weighted by atomic mass is 16.3. The molecule has 4 heteroatoms. The van der Waals surface area contributed by atoms with Crippen molar-refractivity contribution in [1.82, 2.24) is 0 Å². The molecule has 0 heterocycles. The number of rotatable bonds is 1. The number of benzene rings is 3. The lowest BCUT2D eigenvalue weighted by atomic mass is 10.00. The van der Waals surface area contributed by atoms with Gasteiger partial charge in [0, 0.05) is 5.39 Å². The average molecular weight is 238 g/mol. The van der Waals surface area contributed by atoms with Crippen molar-refractivity contribution in [2.24, 2.45) is 5.18 Å². The topological polar surface area (TPSA) is 72.7 Å². The second-order valence-corrected chi connectivity index (χ2v) is 4.01. The van der Waals surface area contributed by atoms with Crippen LogP contribution in [0.3, 0.4) is 0 Å². The van der Waals surface area contributed by atoms with Crippen LogP contribution in [0.4, 0.5) is 5.69 Å². The van der Waals surface area contributed by atoms with E-state index in [2.05, 4.69) is 5.18 Å². The fraction of sp³-hybridized carbons (Fsp3) is 0. The minimum absolute atomic E-state index is 0.0737. The Hall–Kier alpha value is -2.62. The highest BCUT2D eigenvalue weighted by Gasteiger charge is 2.11. The molecule has 3 aromatic rings. The van der Waals surface area contributed by atoms with E-state index in [9.17, 15) is 15.1 Å². The molecule has 4 nitrogen and oxygen atoms in total. The van der Waals surface area contributed by atoms with Crippen LogP contribution in [-0.2, 0) is 0 Å². The summed E-state index contributed by atoms with van der Waals surface area (Å²) >= 11 is 0. The van der Waals surface area contributed by atoms with Crippen LogP contribution < -0.4 is 5.11 Å². The molecule has 3 aromatic carbocycles. The third-order valence-electron chi connectivity index (χ3n) is 3.05. The molecule has 0 spiro atoms. The van der Waals surface area contributed by atoms with Crippen molar-refractivity contribution in [1.29, 1.82) is 0 Å². The first kappa shape index (κ1) is 10.5. The predicted octanol–water partition coefficient (Wildman–Crippen LogP) is 3.17. The molecule has 0 unspecified atom stereocenters. The maximum absolute atomic E-state index is 12.3. The van der Waals surface area contributed by atoms with E-state index in [4.69, 9.17) is 0 Å². The fourth-order valence-electron chi connectivity index (χ4n) is 2.22. The number of nitrogens with zero attached hydrogens (tertiary/aromatic N) is 1. The van der Waals surface area contributed by atoms with Gasteiger partial charge in [-0.15, -0.1) is 4.91 Å². The lowest BCUT2D eigenvalue weighted by Crippen LogP contribution is -1.93. The molecule has 0 aliphatic rings. The fourth-order valence-corrected chi connectivity index (χ4v) is 2.22. The quantitative estimate of drug-likeness (QED) is 0.522. The van der Waals surface area contributed by atoms with Gasteiger partial charge in [0.05, 0.1) is 5.39 Å². The summed E-state index contributed by atoms with van der Waals surface area (Å²) in [5, 5.41) is 26.7. The molecule has 0 bridgehead atoms. The Morgan fingerprint density at radius 2 is 1.61 bits per heavy atom. The molecular formula is C14H8NO3-. The van der Waals surface area contributed by atoms with E-state index in [0.29, 0.717) is 16.2 Å². The lowest BCUT2D eigenvalue weighted by Gasteiger charge is -2.17. The molecule has 88 valence electrons. The highest BCUT2D eigenvalue weighted by molar-refractivity contribution is 6.13. The highest BCUT2D eigenvalue weighted by Crippen LogP contribution is 2.43. The summed E-state index contributed by atoms with van der Waals surface area (Å²) in [7, 11) is 0.